The molecule has 4 aliphatic carbocycles. The highest BCUT2D eigenvalue weighted by atomic mass is 16.5. The Bertz CT molecular complexity index is 1160. The number of nitrogens with zero attached hydrogens (tertiary/aromatic N) is 2. The van der Waals surface area contributed by atoms with E-state index in [0.717, 1.165) is 56.9 Å². The summed E-state index contributed by atoms with van der Waals surface area (Å²) in [5.41, 5.74) is -1.41. The van der Waals surface area contributed by atoms with E-state index in [2.05, 4.69) is 43.6 Å². The first-order valence-corrected chi connectivity index (χ1v) is 19.8. The van der Waals surface area contributed by atoms with Gasteiger partial charge in [0, 0.05) is 18.0 Å². The summed E-state index contributed by atoms with van der Waals surface area (Å²) >= 11 is 0. The molecule has 3 saturated carbocycles. The van der Waals surface area contributed by atoms with Crippen molar-refractivity contribution in [3.8, 4) is 0 Å². The van der Waals surface area contributed by atoms with E-state index < -0.39 is 22.2 Å². The number of aliphatic carboxylic acids is 1. The number of fused-ring (bicyclic) bond motifs is 2. The number of aldehydes is 1. The van der Waals surface area contributed by atoms with E-state index >= 15 is 0 Å². The first kappa shape index (κ1) is 33.3. The highest BCUT2D eigenvalue weighted by Crippen LogP contribution is 2.84. The van der Waals surface area contributed by atoms with Crippen molar-refractivity contribution in [2.24, 2.45) is 51.8 Å². The van der Waals surface area contributed by atoms with Gasteiger partial charge in [-0.1, -0.05) is 77.9 Å². The van der Waals surface area contributed by atoms with Gasteiger partial charge in [0.15, 0.2) is 0 Å². The number of ether oxygens (including phenoxy) is 1. The number of carbonyl (C=O) groups is 2. The van der Waals surface area contributed by atoms with Crippen LogP contribution in [-0.2, 0) is 14.3 Å². The molecule has 6 nitrogen and oxygen atoms in total. The number of hydrogen-bond donors (Lipinski definition) is 1. The van der Waals surface area contributed by atoms with Crippen LogP contribution in [0.3, 0.4) is 0 Å². The molecule has 0 radical (unpaired) electrons. The molecule has 4 bridgehead atoms. The van der Waals surface area contributed by atoms with Crippen molar-refractivity contribution in [2.45, 2.75) is 142 Å². The van der Waals surface area contributed by atoms with Gasteiger partial charge in [0.05, 0.1) is 17.6 Å². The first-order chi connectivity index (χ1) is 22.2. The van der Waals surface area contributed by atoms with Crippen LogP contribution >= 0.6 is 0 Å². The second-order valence-electron chi connectivity index (χ2n) is 17.5. The third kappa shape index (κ3) is 4.79. The van der Waals surface area contributed by atoms with Crippen LogP contribution in [0.2, 0.25) is 0 Å². The highest BCUT2D eigenvalue weighted by molar-refractivity contribution is 5.90. The predicted octanol–water partition coefficient (Wildman–Crippen LogP) is 7.61. The fourth-order valence-electron chi connectivity index (χ4n) is 13.3. The molecule has 7 aliphatic rings. The molecule has 0 aromatic heterocycles. The number of carboxylic acids is 1. The molecule has 7 rings (SSSR count). The zero-order valence-corrected chi connectivity index (χ0v) is 29.6. The third-order valence-electron chi connectivity index (χ3n) is 15.3. The van der Waals surface area contributed by atoms with Crippen LogP contribution in [0.25, 0.3) is 0 Å². The van der Waals surface area contributed by atoms with Crippen molar-refractivity contribution in [2.75, 3.05) is 32.7 Å². The molecule has 10 atom stereocenters. The van der Waals surface area contributed by atoms with E-state index in [9.17, 15) is 14.7 Å². The van der Waals surface area contributed by atoms with Crippen molar-refractivity contribution < 1.29 is 19.4 Å². The van der Waals surface area contributed by atoms with Crippen molar-refractivity contribution in [1.82, 2.24) is 9.80 Å². The molecular weight excluding hydrogens is 572 g/mol. The van der Waals surface area contributed by atoms with Gasteiger partial charge in [-0.2, -0.15) is 0 Å². The lowest BCUT2D eigenvalue weighted by Gasteiger charge is -2.60. The molecule has 3 heterocycles. The Morgan fingerprint density at radius 2 is 1.80 bits per heavy atom. The van der Waals surface area contributed by atoms with Gasteiger partial charge in [0.2, 0.25) is 0 Å². The molecular formula is C40H64N2O4. The third-order valence-corrected chi connectivity index (χ3v) is 15.3. The van der Waals surface area contributed by atoms with Crippen LogP contribution in [-0.4, -0.2) is 78.1 Å². The van der Waals surface area contributed by atoms with E-state index in [-0.39, 0.29) is 30.0 Å². The summed E-state index contributed by atoms with van der Waals surface area (Å²) in [5, 5.41) is 11.6. The van der Waals surface area contributed by atoms with E-state index in [4.69, 9.17) is 4.74 Å². The van der Waals surface area contributed by atoms with Gasteiger partial charge < -0.3 is 24.4 Å². The van der Waals surface area contributed by atoms with Gasteiger partial charge in [0.25, 0.3) is 0 Å². The molecule has 46 heavy (non-hydrogen) atoms. The van der Waals surface area contributed by atoms with Gasteiger partial charge in [-0.3, -0.25) is 4.79 Å². The normalized spacial score (nSPS) is 44.5. The predicted molar refractivity (Wildman–Crippen MR) is 182 cm³/mol. The van der Waals surface area contributed by atoms with Crippen molar-refractivity contribution >= 4 is 12.3 Å². The lowest BCUT2D eigenvalue weighted by atomic mass is 9.41. The number of hydrogen-bond acceptors (Lipinski definition) is 5. The number of allylic oxidation sites excluding steroid dienone is 1. The molecule has 258 valence electrons. The molecule has 3 aliphatic heterocycles. The molecule has 3 saturated heterocycles. The van der Waals surface area contributed by atoms with Crippen LogP contribution in [0.4, 0.5) is 0 Å². The average molecular weight is 637 g/mol. The summed E-state index contributed by atoms with van der Waals surface area (Å²) in [7, 11) is 0. The molecule has 0 aromatic carbocycles. The summed E-state index contributed by atoms with van der Waals surface area (Å²) in [6.45, 7) is 14.8. The Kier molecular flexibility index (Phi) is 9.33. The standard InChI is InChI=1S/C40H64N2O4/c1-5-6-7-9-12-29-21-36(46-35(29)25-41-19-15-31(16-20-41)42-17-10-8-11-18-42)39-24-32-28(4)13-14-33(32)38(26-43)23-30(39)22-34(27(2)3)40(38,39)37(44)45/h22,26-33,35-36H,5-21,23-25H2,1-4H3,(H,44,45)/t28-,29?,30?,32-,33-,35?,36?,38?,39?,40?/m1/s1. The van der Waals surface area contributed by atoms with Crippen molar-refractivity contribution in [3.05, 3.63) is 11.6 Å². The number of piperidine rings is 2. The number of rotatable bonds is 12. The summed E-state index contributed by atoms with van der Waals surface area (Å²) < 4.78 is 7.43. The zero-order valence-electron chi connectivity index (χ0n) is 29.6. The number of unbranched alkanes of at least 4 members (excludes halogenated alkanes) is 3. The van der Waals surface area contributed by atoms with Crippen LogP contribution in [0.5, 0.6) is 0 Å². The molecule has 1 N–H and O–H groups in total. The van der Waals surface area contributed by atoms with Gasteiger partial charge in [-0.25, -0.2) is 0 Å². The van der Waals surface area contributed by atoms with Crippen molar-refractivity contribution in [1.29, 1.82) is 0 Å². The highest BCUT2D eigenvalue weighted by Gasteiger charge is 2.86. The van der Waals surface area contributed by atoms with E-state index in [0.29, 0.717) is 24.2 Å². The number of carbonyl (C=O) groups excluding carboxylic acids is 1. The maximum atomic E-state index is 14.1. The summed E-state index contributed by atoms with van der Waals surface area (Å²) in [4.78, 5) is 33.2. The average Bonchev–Trinajstić information content (AvgIpc) is 3.77. The van der Waals surface area contributed by atoms with Gasteiger partial charge in [-0.15, -0.1) is 0 Å². The first-order valence-electron chi connectivity index (χ1n) is 19.8. The Morgan fingerprint density at radius 3 is 2.48 bits per heavy atom. The summed E-state index contributed by atoms with van der Waals surface area (Å²) in [5.74, 6) is 1.10. The maximum Gasteiger partial charge on any atom is 0.315 e. The lowest BCUT2D eigenvalue weighted by molar-refractivity contribution is -0.197. The number of carboxylic acid groups (broad SMARTS) is 1. The van der Waals surface area contributed by atoms with Crippen LogP contribution in [0, 0.1) is 51.8 Å². The molecule has 7 unspecified atom stereocenters. The fourth-order valence-corrected chi connectivity index (χ4v) is 13.3. The van der Waals surface area contributed by atoms with E-state index in [1.807, 2.05) is 0 Å². The zero-order chi connectivity index (χ0) is 32.3. The number of likely N-dealkylation sites (tertiary alicyclic amines) is 2. The second kappa shape index (κ2) is 12.9. The molecule has 6 fully saturated rings. The SMILES string of the molecule is CCCCCCC1CC(C23C[C@@H]4[C@H](C)CC[C@H]4C4(C=O)CC2C=C(C(C)C)C34C(=O)O)OC1CN1CCC(N2CCCCC2)CC1. The van der Waals surface area contributed by atoms with Gasteiger partial charge in [-0.05, 0) is 119 Å². The summed E-state index contributed by atoms with van der Waals surface area (Å²) in [6, 6.07) is 0.739. The van der Waals surface area contributed by atoms with Crippen molar-refractivity contribution in [3.63, 3.8) is 0 Å². The smallest absolute Gasteiger partial charge is 0.315 e. The summed E-state index contributed by atoms with van der Waals surface area (Å²) in [6.07, 6.45) is 21.1. The van der Waals surface area contributed by atoms with E-state index in [1.165, 1.54) is 83.6 Å². The van der Waals surface area contributed by atoms with E-state index in [1.54, 1.807) is 0 Å². The van der Waals surface area contributed by atoms with Crippen LogP contribution in [0.15, 0.2) is 11.6 Å². The largest absolute Gasteiger partial charge is 0.481 e. The monoisotopic (exact) mass is 636 g/mol. The molecule has 0 aromatic rings. The minimum absolute atomic E-state index is 0.0938. The topological polar surface area (TPSA) is 70.1 Å². The van der Waals surface area contributed by atoms with Gasteiger partial charge >= 0.3 is 5.97 Å². The minimum atomic E-state index is -1.13. The van der Waals surface area contributed by atoms with Gasteiger partial charge in [0.1, 0.15) is 11.7 Å². The Labute approximate surface area is 279 Å². The second-order valence-corrected chi connectivity index (χ2v) is 17.5. The molecule has 0 amide bonds. The molecule has 6 heteroatoms. The maximum absolute atomic E-state index is 14.1. The Hall–Kier alpha value is -1.24. The quantitative estimate of drug-likeness (QED) is 0.135. The van der Waals surface area contributed by atoms with Crippen LogP contribution < -0.4 is 0 Å². The fraction of sp³-hybridized carbons (Fsp3) is 0.900. The minimum Gasteiger partial charge on any atom is -0.481 e. The Balaban J connectivity index is 1.18. The lowest BCUT2D eigenvalue weighted by Crippen LogP contribution is -2.65. The molecule has 0 spiro atoms. The Morgan fingerprint density at radius 1 is 1.04 bits per heavy atom. The van der Waals surface area contributed by atoms with Crippen LogP contribution in [0.1, 0.15) is 124 Å².